The average Bonchev–Trinajstić information content (AvgIpc) is 3.34. The number of rotatable bonds is 7. The molecule has 0 aliphatic carbocycles. The average molecular weight is 668 g/mol. The van der Waals surface area contributed by atoms with Gasteiger partial charge in [-0.05, 0) is 48.3 Å². The summed E-state index contributed by atoms with van der Waals surface area (Å²) >= 11 is 0. The number of pyridine rings is 1. The minimum absolute atomic E-state index is 0.337. The Hall–Kier alpha value is -4.10. The molecule has 10 heteroatoms. The Morgan fingerprint density at radius 1 is 0.745 bits per heavy atom. The Balaban J connectivity index is 1.69. The van der Waals surface area contributed by atoms with Crippen molar-refractivity contribution in [1.29, 1.82) is 5.26 Å². The highest BCUT2D eigenvalue weighted by molar-refractivity contribution is 6.91. The van der Waals surface area contributed by atoms with E-state index in [0.29, 0.717) is 33.0 Å². The molecule has 3 nitrogen and oxygen atoms in total. The Labute approximate surface area is 271 Å². The predicted octanol–water partition coefficient (Wildman–Crippen LogP) is 10.4. The minimum atomic E-state index is -4.59. The highest BCUT2D eigenvalue weighted by atomic mass is 28.3. The second-order valence-electron chi connectivity index (χ2n) is 14.2. The summed E-state index contributed by atoms with van der Waals surface area (Å²) in [7, 11) is -1.49. The van der Waals surface area contributed by atoms with Gasteiger partial charge < -0.3 is 4.42 Å². The quantitative estimate of drug-likeness (QED) is 0.0985. The number of benzene rings is 3. The number of aromatic nitrogens is 1. The van der Waals surface area contributed by atoms with Gasteiger partial charge in [-0.2, -0.15) is 31.6 Å². The van der Waals surface area contributed by atoms with E-state index in [-0.39, 0.29) is 0 Å². The maximum atomic E-state index is 14.1. The van der Waals surface area contributed by atoms with Gasteiger partial charge in [0.05, 0.1) is 36.1 Å². The Morgan fingerprint density at radius 3 is 1.79 bits per heavy atom. The van der Waals surface area contributed by atoms with Crippen LogP contribution in [0.3, 0.4) is 0 Å². The standard InChI is InChI=1S/C37H37F6N2OSi/c1-23-11-17-27-28-18-14-25(20-44)31(33(28)46-32(27)30(23)29-10-8-9-19-45(29)6)24-12-15-26(16-13-24)47(7,21-34(2,3)36(38,39)40)22-35(4,5)37(41,42)43/h8-19H,21-22H2,1-7H3/q+1. The number of halogens is 6. The number of aryl methyl sites for hydroxylation is 2. The first-order valence-electron chi connectivity index (χ1n) is 15.3. The van der Waals surface area contributed by atoms with Crippen LogP contribution in [-0.4, -0.2) is 20.4 Å². The van der Waals surface area contributed by atoms with Crippen LogP contribution in [0.5, 0.6) is 0 Å². The Bertz CT molecular complexity index is 1990. The Kier molecular flexibility index (Phi) is 8.41. The van der Waals surface area contributed by atoms with Crippen LogP contribution in [0.2, 0.25) is 18.6 Å². The molecule has 2 heterocycles. The molecular formula is C37H37F6N2OSi+. The van der Waals surface area contributed by atoms with Crippen molar-refractivity contribution in [3.05, 3.63) is 84.1 Å². The molecule has 246 valence electrons. The van der Waals surface area contributed by atoms with Crippen molar-refractivity contribution in [2.24, 2.45) is 17.9 Å². The lowest BCUT2D eigenvalue weighted by atomic mass is 9.95. The van der Waals surface area contributed by atoms with E-state index >= 15 is 0 Å². The monoisotopic (exact) mass is 667 g/mol. The second-order valence-corrected chi connectivity index (χ2v) is 18.6. The highest BCUT2D eigenvalue weighted by Gasteiger charge is 2.56. The minimum Gasteiger partial charge on any atom is -0.454 e. The van der Waals surface area contributed by atoms with Crippen molar-refractivity contribution in [2.75, 3.05) is 0 Å². The van der Waals surface area contributed by atoms with Crippen LogP contribution in [0.1, 0.15) is 38.8 Å². The van der Waals surface area contributed by atoms with Gasteiger partial charge >= 0.3 is 12.4 Å². The molecule has 0 N–H and O–H groups in total. The fraction of sp³-hybridized carbons (Fsp3) is 0.351. The number of furan rings is 1. The molecule has 0 fully saturated rings. The molecule has 0 aliphatic heterocycles. The number of hydrogen-bond donors (Lipinski definition) is 0. The van der Waals surface area contributed by atoms with Crippen LogP contribution in [0, 0.1) is 29.1 Å². The molecule has 0 bridgehead atoms. The van der Waals surface area contributed by atoms with Gasteiger partial charge in [0.25, 0.3) is 0 Å². The van der Waals surface area contributed by atoms with Gasteiger partial charge in [0.2, 0.25) is 5.69 Å². The third kappa shape index (κ3) is 6.06. The molecule has 0 saturated carbocycles. The van der Waals surface area contributed by atoms with E-state index in [0.717, 1.165) is 55.3 Å². The van der Waals surface area contributed by atoms with Gasteiger partial charge in [0.15, 0.2) is 6.20 Å². The van der Waals surface area contributed by atoms with Crippen molar-refractivity contribution < 1.29 is 35.3 Å². The summed E-state index contributed by atoms with van der Waals surface area (Å²) in [4.78, 5) is 0. The molecule has 3 aromatic carbocycles. The molecule has 0 atom stereocenters. The lowest BCUT2D eigenvalue weighted by Gasteiger charge is -2.42. The largest absolute Gasteiger partial charge is 0.454 e. The van der Waals surface area contributed by atoms with E-state index in [4.69, 9.17) is 4.42 Å². The first-order valence-corrected chi connectivity index (χ1v) is 18.2. The summed E-state index contributed by atoms with van der Waals surface area (Å²) in [6.45, 7) is 7.83. The number of nitriles is 1. The van der Waals surface area contributed by atoms with Crippen molar-refractivity contribution >= 4 is 35.2 Å². The zero-order valence-electron chi connectivity index (χ0n) is 27.4. The maximum absolute atomic E-state index is 14.1. The third-order valence-corrected chi connectivity index (χ3v) is 14.6. The molecule has 0 aliphatic rings. The van der Waals surface area contributed by atoms with Gasteiger partial charge in [0, 0.05) is 28.5 Å². The van der Waals surface area contributed by atoms with Crippen LogP contribution < -0.4 is 9.75 Å². The molecular weight excluding hydrogens is 630 g/mol. The van der Waals surface area contributed by atoms with Gasteiger partial charge in [-0.1, -0.05) is 75.8 Å². The van der Waals surface area contributed by atoms with Crippen molar-refractivity contribution in [3.63, 3.8) is 0 Å². The maximum Gasteiger partial charge on any atom is 0.393 e. The van der Waals surface area contributed by atoms with Crippen LogP contribution in [0.4, 0.5) is 26.3 Å². The van der Waals surface area contributed by atoms with E-state index in [1.807, 2.05) is 61.1 Å². The second kappa shape index (κ2) is 11.5. The SMILES string of the molecule is Cc1ccc2c(oc3c(-c4ccc([Si](C)(CC(C)(C)C(F)(F)F)CC(C)(C)C(F)(F)F)cc4)c(C#N)ccc32)c1-c1cccc[n+]1C. The zero-order chi connectivity index (χ0) is 34.7. The van der Waals surface area contributed by atoms with Crippen LogP contribution in [0.15, 0.2) is 77.3 Å². The van der Waals surface area contributed by atoms with E-state index in [9.17, 15) is 31.6 Å². The fourth-order valence-corrected chi connectivity index (χ4v) is 12.7. The first kappa shape index (κ1) is 34.2. The van der Waals surface area contributed by atoms with Crippen LogP contribution >= 0.6 is 0 Å². The molecule has 5 aromatic rings. The molecule has 0 radical (unpaired) electrons. The molecule has 47 heavy (non-hydrogen) atoms. The highest BCUT2D eigenvalue weighted by Crippen LogP contribution is 2.50. The third-order valence-electron chi connectivity index (χ3n) is 9.52. The van der Waals surface area contributed by atoms with Crippen LogP contribution in [0.25, 0.3) is 44.3 Å². The normalized spacial score (nSPS) is 13.4. The summed E-state index contributed by atoms with van der Waals surface area (Å²) in [5.41, 5.74) is 1.04. The van der Waals surface area contributed by atoms with Crippen molar-refractivity contribution in [2.45, 2.75) is 65.6 Å². The van der Waals surface area contributed by atoms with E-state index in [2.05, 4.69) is 6.07 Å². The predicted molar refractivity (Wildman–Crippen MR) is 176 cm³/mol. The van der Waals surface area contributed by atoms with E-state index in [1.54, 1.807) is 36.9 Å². The molecule has 0 spiro atoms. The first-order chi connectivity index (χ1) is 21.7. The molecule has 0 amide bonds. The summed E-state index contributed by atoms with van der Waals surface area (Å²) in [6.07, 6.45) is -7.23. The lowest BCUT2D eigenvalue weighted by Crippen LogP contribution is -2.54. The van der Waals surface area contributed by atoms with Gasteiger partial charge in [-0.25, -0.2) is 4.57 Å². The summed E-state index contributed by atoms with van der Waals surface area (Å²) in [5, 5.41) is 12.2. The zero-order valence-corrected chi connectivity index (χ0v) is 28.4. The van der Waals surface area contributed by atoms with Gasteiger partial charge in [-0.3, -0.25) is 0 Å². The Morgan fingerprint density at radius 2 is 1.28 bits per heavy atom. The van der Waals surface area contributed by atoms with Crippen LogP contribution in [-0.2, 0) is 7.05 Å². The lowest BCUT2D eigenvalue weighted by molar-refractivity contribution is -0.660. The van der Waals surface area contributed by atoms with E-state index in [1.165, 1.54) is 0 Å². The number of hydrogen-bond acceptors (Lipinski definition) is 2. The van der Waals surface area contributed by atoms with Gasteiger partial charge in [-0.15, -0.1) is 0 Å². The smallest absolute Gasteiger partial charge is 0.393 e. The summed E-state index contributed by atoms with van der Waals surface area (Å²) in [5.74, 6) is 0. The molecule has 0 saturated heterocycles. The molecule has 2 aromatic heterocycles. The topological polar surface area (TPSA) is 40.8 Å². The molecule has 0 unspecified atom stereocenters. The van der Waals surface area contributed by atoms with Crippen molar-refractivity contribution in [3.8, 4) is 28.5 Å². The van der Waals surface area contributed by atoms with E-state index < -0.39 is 43.3 Å². The fourth-order valence-electron chi connectivity index (χ4n) is 6.94. The number of alkyl halides is 6. The number of fused-ring (bicyclic) bond motifs is 3. The van der Waals surface area contributed by atoms with Crippen molar-refractivity contribution in [1.82, 2.24) is 0 Å². The molecule has 5 rings (SSSR count). The van der Waals surface area contributed by atoms with Gasteiger partial charge in [0.1, 0.15) is 18.2 Å². The summed E-state index contributed by atoms with van der Waals surface area (Å²) in [6, 6.07) is 21.5. The summed E-state index contributed by atoms with van der Waals surface area (Å²) < 4.78 is 93.2. The number of nitrogens with zero attached hydrogens (tertiary/aromatic N) is 2.